The Hall–Kier alpha value is -3.71. The lowest BCUT2D eigenvalue weighted by Crippen LogP contribution is -2.28. The van der Waals surface area contributed by atoms with Crippen LogP contribution in [-0.2, 0) is 20.8 Å². The minimum absolute atomic E-state index is 0.0471. The quantitative estimate of drug-likeness (QED) is 0.488. The van der Waals surface area contributed by atoms with Gasteiger partial charge in [0.2, 0.25) is 11.0 Å². The van der Waals surface area contributed by atoms with Crippen molar-refractivity contribution in [1.29, 1.82) is 0 Å². The van der Waals surface area contributed by atoms with E-state index in [2.05, 4.69) is 26.2 Å². The van der Waals surface area contributed by atoms with Crippen molar-refractivity contribution in [3.05, 3.63) is 53.1 Å². The van der Waals surface area contributed by atoms with E-state index >= 15 is 0 Å². The number of benzene rings is 1. The number of imidazole rings is 1. The van der Waals surface area contributed by atoms with Crippen LogP contribution in [0.3, 0.4) is 0 Å². The Kier molecular flexibility index (Phi) is 6.70. The fourth-order valence-corrected chi connectivity index (χ4v) is 4.06. The summed E-state index contributed by atoms with van der Waals surface area (Å²) in [5.74, 6) is 3.24. The molecule has 4 rings (SSSR count). The molecule has 1 aliphatic heterocycles. The van der Waals surface area contributed by atoms with E-state index in [0.29, 0.717) is 46.0 Å². The number of ether oxygens (including phenoxy) is 2. The molecule has 9 nitrogen and oxygen atoms in total. The van der Waals surface area contributed by atoms with Crippen LogP contribution in [0.5, 0.6) is 0 Å². The fraction of sp³-hybridized carbons (Fsp3) is 0.304. The Labute approximate surface area is 195 Å². The molecule has 1 aromatic carbocycles. The highest BCUT2D eigenvalue weighted by Crippen LogP contribution is 2.39. The molecule has 0 fully saturated rings. The number of carbonyl (C=O) groups is 1. The largest absolute Gasteiger partial charge is 0.454 e. The zero-order valence-electron chi connectivity index (χ0n) is 18.3. The van der Waals surface area contributed by atoms with Gasteiger partial charge in [0, 0.05) is 30.6 Å². The number of amides is 1. The Morgan fingerprint density at radius 1 is 1.36 bits per heavy atom. The second-order valence-electron chi connectivity index (χ2n) is 7.78. The number of anilines is 1. The lowest BCUT2D eigenvalue weighted by molar-refractivity contribution is -0.121. The molecule has 1 unspecified atom stereocenters. The molecule has 1 atom stereocenters. The predicted octanol–water partition coefficient (Wildman–Crippen LogP) is 3.19. The molecule has 3 aromatic rings. The fourth-order valence-electron chi connectivity index (χ4n) is 3.22. The van der Waals surface area contributed by atoms with Gasteiger partial charge in [0.05, 0.1) is 0 Å². The molecular weight excluding hydrogens is 440 g/mol. The summed E-state index contributed by atoms with van der Waals surface area (Å²) >= 11 is 1.25. The minimum atomic E-state index is -0.649. The monoisotopic (exact) mass is 464 g/mol. The Balaban J connectivity index is 1.53. The van der Waals surface area contributed by atoms with Gasteiger partial charge in [-0.1, -0.05) is 38.0 Å². The summed E-state index contributed by atoms with van der Waals surface area (Å²) in [6.07, 6.45) is 8.12. The Morgan fingerprint density at radius 3 is 2.97 bits per heavy atom. The predicted molar refractivity (Wildman–Crippen MR) is 125 cm³/mol. The van der Waals surface area contributed by atoms with Crippen LogP contribution >= 0.6 is 11.8 Å². The van der Waals surface area contributed by atoms with Crippen LogP contribution in [0.15, 0.2) is 47.1 Å². The van der Waals surface area contributed by atoms with Crippen LogP contribution in [0, 0.1) is 18.3 Å². The van der Waals surface area contributed by atoms with Gasteiger partial charge in [-0.05, 0) is 23.7 Å². The number of terminal acetylenes is 1. The molecule has 0 spiro atoms. The van der Waals surface area contributed by atoms with Crippen LogP contribution in [0.2, 0.25) is 0 Å². The van der Waals surface area contributed by atoms with Gasteiger partial charge in [0.1, 0.15) is 12.6 Å². The van der Waals surface area contributed by atoms with Crippen molar-refractivity contribution < 1.29 is 14.3 Å². The second-order valence-corrected chi connectivity index (χ2v) is 8.75. The number of aromatic nitrogens is 4. The van der Waals surface area contributed by atoms with Gasteiger partial charge in [-0.2, -0.15) is 0 Å². The molecule has 0 saturated heterocycles. The van der Waals surface area contributed by atoms with Gasteiger partial charge < -0.3 is 25.1 Å². The number of fused-ring (bicyclic) bond motifs is 1. The van der Waals surface area contributed by atoms with E-state index in [1.807, 2.05) is 42.7 Å². The zero-order valence-corrected chi connectivity index (χ0v) is 19.1. The average molecular weight is 465 g/mol. The van der Waals surface area contributed by atoms with Gasteiger partial charge in [-0.15, -0.1) is 6.42 Å². The number of nitrogen functional groups attached to an aromatic ring is 1. The van der Waals surface area contributed by atoms with E-state index in [0.717, 1.165) is 5.56 Å². The van der Waals surface area contributed by atoms with Gasteiger partial charge in [0.25, 0.3) is 6.29 Å². The van der Waals surface area contributed by atoms with E-state index in [4.69, 9.17) is 21.6 Å². The van der Waals surface area contributed by atoms with Gasteiger partial charge in [-0.25, -0.2) is 15.0 Å². The normalized spacial score (nSPS) is 15.1. The van der Waals surface area contributed by atoms with Crippen LogP contribution in [0.4, 0.5) is 5.82 Å². The molecule has 3 heterocycles. The summed E-state index contributed by atoms with van der Waals surface area (Å²) in [6, 6.07) is 7.43. The van der Waals surface area contributed by atoms with Crippen LogP contribution in [0.1, 0.15) is 37.7 Å². The number of hydrogen-bond donors (Lipinski definition) is 2. The molecule has 2 aromatic heterocycles. The number of aryl methyl sites for hydroxylation is 1. The maximum Gasteiger partial charge on any atom is 0.269 e. The van der Waals surface area contributed by atoms with Gasteiger partial charge in [-0.3, -0.25) is 4.79 Å². The number of rotatable bonds is 8. The van der Waals surface area contributed by atoms with Crippen molar-refractivity contribution in [3.63, 3.8) is 0 Å². The third-order valence-corrected chi connectivity index (χ3v) is 5.76. The van der Waals surface area contributed by atoms with E-state index in [1.165, 1.54) is 24.4 Å². The van der Waals surface area contributed by atoms with Crippen LogP contribution in [-0.4, -0.2) is 32.0 Å². The highest BCUT2D eigenvalue weighted by atomic mass is 32.2. The molecule has 33 heavy (non-hydrogen) atoms. The van der Waals surface area contributed by atoms with Crippen molar-refractivity contribution >= 4 is 34.7 Å². The first-order valence-corrected chi connectivity index (χ1v) is 11.3. The second kappa shape index (κ2) is 9.83. The SMILES string of the molecule is C#Cc1ccccc1C1OC=C(Sc2nc3c(N)ncnc3n2CCC(=O)NCC(C)C)O1. The first-order chi connectivity index (χ1) is 16.0. The molecule has 0 bridgehead atoms. The number of thioether (sulfide) groups is 1. The van der Waals surface area contributed by atoms with Crippen LogP contribution < -0.4 is 11.1 Å². The number of carbonyl (C=O) groups excluding carboxylic acids is 1. The molecule has 1 aliphatic rings. The summed E-state index contributed by atoms with van der Waals surface area (Å²) in [6.45, 7) is 5.09. The van der Waals surface area contributed by atoms with Crippen molar-refractivity contribution in [2.75, 3.05) is 12.3 Å². The number of hydrogen-bond acceptors (Lipinski definition) is 8. The lowest BCUT2D eigenvalue weighted by Gasteiger charge is -2.14. The molecule has 0 saturated carbocycles. The highest BCUT2D eigenvalue weighted by molar-refractivity contribution is 8.02. The smallest absolute Gasteiger partial charge is 0.269 e. The number of nitrogens with zero attached hydrogens (tertiary/aromatic N) is 4. The topological polar surface area (TPSA) is 117 Å². The summed E-state index contributed by atoms with van der Waals surface area (Å²) in [5, 5.41) is 3.99. The Bertz CT molecular complexity index is 1250. The average Bonchev–Trinajstić information content (AvgIpc) is 3.41. The van der Waals surface area contributed by atoms with Crippen molar-refractivity contribution in [1.82, 2.24) is 24.8 Å². The minimum Gasteiger partial charge on any atom is -0.454 e. The van der Waals surface area contributed by atoms with Gasteiger partial charge >= 0.3 is 0 Å². The summed E-state index contributed by atoms with van der Waals surface area (Å²) in [4.78, 5) is 25.2. The molecule has 170 valence electrons. The number of nitrogens with one attached hydrogen (secondary N) is 1. The van der Waals surface area contributed by atoms with E-state index in [1.54, 1.807) is 0 Å². The molecule has 10 heteroatoms. The molecular formula is C23H24N6O3S. The molecule has 1 amide bonds. The number of nitrogens with two attached hydrogens (primary N) is 1. The molecule has 0 aliphatic carbocycles. The van der Waals surface area contributed by atoms with Crippen molar-refractivity contribution in [2.24, 2.45) is 5.92 Å². The lowest BCUT2D eigenvalue weighted by atomic mass is 10.1. The van der Waals surface area contributed by atoms with Gasteiger partial charge in [0.15, 0.2) is 22.1 Å². The van der Waals surface area contributed by atoms with Crippen molar-refractivity contribution in [3.8, 4) is 12.3 Å². The summed E-state index contributed by atoms with van der Waals surface area (Å²) < 4.78 is 13.5. The van der Waals surface area contributed by atoms with Crippen LogP contribution in [0.25, 0.3) is 11.2 Å². The van der Waals surface area contributed by atoms with E-state index in [-0.39, 0.29) is 18.1 Å². The zero-order chi connectivity index (χ0) is 23.4. The first-order valence-electron chi connectivity index (χ1n) is 10.4. The van der Waals surface area contributed by atoms with Crippen molar-refractivity contribution in [2.45, 2.75) is 38.3 Å². The standard InChI is InChI=1S/C23H24N6O3S/c1-4-15-7-5-6-8-16(15)22-31-12-18(32-22)33-23-28-19-20(24)26-13-27-21(19)29(23)10-9-17(30)25-11-14(2)3/h1,5-8,12-14,22H,9-11H2,2-3H3,(H,25,30)(H2,24,26,27). The maximum atomic E-state index is 12.3. The Morgan fingerprint density at radius 2 is 2.18 bits per heavy atom. The van der Waals surface area contributed by atoms with E-state index in [9.17, 15) is 4.79 Å². The maximum absolute atomic E-state index is 12.3. The molecule has 3 N–H and O–H groups in total. The third kappa shape index (κ3) is 5.04. The molecule has 0 radical (unpaired) electrons. The van der Waals surface area contributed by atoms with E-state index < -0.39 is 6.29 Å². The summed E-state index contributed by atoms with van der Waals surface area (Å²) in [7, 11) is 0. The third-order valence-electron chi connectivity index (χ3n) is 4.87. The highest BCUT2D eigenvalue weighted by Gasteiger charge is 2.26. The summed E-state index contributed by atoms with van der Waals surface area (Å²) in [5.41, 5.74) is 8.49. The first kappa shape index (κ1) is 22.5.